The number of hydrogen-bond acceptors (Lipinski definition) is 2. The van der Waals surface area contributed by atoms with Crippen molar-refractivity contribution in [3.63, 3.8) is 0 Å². The molecule has 3 heteroatoms. The van der Waals surface area contributed by atoms with Crippen LogP contribution in [0, 0.1) is 0 Å². The lowest BCUT2D eigenvalue weighted by molar-refractivity contribution is 0.713. The molecule has 1 fully saturated rings. The van der Waals surface area contributed by atoms with Crippen LogP contribution in [0.25, 0.3) is 0 Å². The first-order chi connectivity index (χ1) is 7.72. The van der Waals surface area contributed by atoms with Gasteiger partial charge >= 0.3 is 0 Å². The minimum Gasteiger partial charge on any atom is -0.399 e. The lowest BCUT2D eigenvalue weighted by Crippen LogP contribution is -2.27. The molecule has 2 rings (SSSR count). The van der Waals surface area contributed by atoms with Crippen molar-refractivity contribution in [2.24, 2.45) is 0 Å². The van der Waals surface area contributed by atoms with E-state index in [2.05, 4.69) is 11.8 Å². The summed E-state index contributed by atoms with van der Waals surface area (Å²) in [5.41, 5.74) is 7.60. The van der Waals surface area contributed by atoms with Gasteiger partial charge in [-0.3, -0.25) is 0 Å². The van der Waals surface area contributed by atoms with E-state index in [4.69, 9.17) is 17.3 Å². The highest BCUT2D eigenvalue weighted by atomic mass is 35.5. The second-order valence-corrected chi connectivity index (χ2v) is 4.90. The number of benzene rings is 1. The fourth-order valence-electron chi connectivity index (χ4n) is 1.97. The van der Waals surface area contributed by atoms with Gasteiger partial charge in [-0.1, -0.05) is 24.9 Å². The molecule has 2 N–H and O–H groups in total. The summed E-state index contributed by atoms with van der Waals surface area (Å²) < 4.78 is 0. The predicted octanol–water partition coefficient (Wildman–Crippen LogP) is 3.69. The maximum Gasteiger partial charge on any atom is 0.0660 e. The number of unbranched alkanes of at least 4 members (excludes halogenated alkanes) is 1. The molecule has 0 bridgehead atoms. The molecule has 0 heterocycles. The second-order valence-electron chi connectivity index (χ2n) is 4.49. The zero-order chi connectivity index (χ0) is 11.5. The van der Waals surface area contributed by atoms with Crippen LogP contribution in [0.1, 0.15) is 32.6 Å². The molecule has 2 nitrogen and oxygen atoms in total. The monoisotopic (exact) mass is 238 g/mol. The van der Waals surface area contributed by atoms with Crippen LogP contribution >= 0.6 is 11.6 Å². The number of nitrogens with two attached hydrogens (primary N) is 1. The lowest BCUT2D eigenvalue weighted by Gasteiger charge is -2.25. The normalized spacial score (nSPS) is 15.1. The standard InChI is InChI=1S/C13H19ClN2/c1-2-3-8-16(11-5-6-11)13-7-4-10(15)9-12(13)14/h4,7,9,11H,2-3,5-6,8,15H2,1H3. The van der Waals surface area contributed by atoms with Gasteiger partial charge < -0.3 is 10.6 Å². The van der Waals surface area contributed by atoms with Crippen LogP contribution in [0.2, 0.25) is 5.02 Å². The Kier molecular flexibility index (Phi) is 3.59. The maximum absolute atomic E-state index is 6.25. The fraction of sp³-hybridized carbons (Fsp3) is 0.538. The van der Waals surface area contributed by atoms with Crippen LogP contribution in [-0.2, 0) is 0 Å². The van der Waals surface area contributed by atoms with Gasteiger partial charge in [0.2, 0.25) is 0 Å². The SMILES string of the molecule is CCCCN(c1ccc(N)cc1Cl)C1CC1. The first kappa shape index (κ1) is 11.6. The van der Waals surface area contributed by atoms with Crippen LogP contribution in [-0.4, -0.2) is 12.6 Å². The molecule has 88 valence electrons. The zero-order valence-corrected chi connectivity index (χ0v) is 10.5. The number of halogens is 1. The lowest BCUT2D eigenvalue weighted by atomic mass is 10.2. The molecule has 16 heavy (non-hydrogen) atoms. The molecule has 0 amide bonds. The van der Waals surface area contributed by atoms with Crippen molar-refractivity contribution in [1.29, 1.82) is 0 Å². The zero-order valence-electron chi connectivity index (χ0n) is 9.75. The number of anilines is 2. The van der Waals surface area contributed by atoms with E-state index in [1.807, 2.05) is 18.2 Å². The molecule has 1 aliphatic rings. The molecule has 0 radical (unpaired) electrons. The van der Waals surface area contributed by atoms with Crippen LogP contribution in [0.3, 0.4) is 0 Å². The van der Waals surface area contributed by atoms with Gasteiger partial charge in [0, 0.05) is 18.3 Å². The summed E-state index contributed by atoms with van der Waals surface area (Å²) in [6.07, 6.45) is 5.03. The third-order valence-corrected chi connectivity index (χ3v) is 3.32. The van der Waals surface area contributed by atoms with E-state index in [0.29, 0.717) is 6.04 Å². The van der Waals surface area contributed by atoms with Crippen LogP contribution in [0.4, 0.5) is 11.4 Å². The Bertz CT molecular complexity index is 361. The van der Waals surface area contributed by atoms with Gasteiger partial charge in [0.25, 0.3) is 0 Å². The highest BCUT2D eigenvalue weighted by Crippen LogP contribution is 2.36. The number of nitrogens with zero attached hydrogens (tertiary/aromatic N) is 1. The molecule has 0 aromatic heterocycles. The molecule has 0 atom stereocenters. The fourth-order valence-corrected chi connectivity index (χ4v) is 2.27. The van der Waals surface area contributed by atoms with Crippen molar-refractivity contribution in [3.05, 3.63) is 23.2 Å². The van der Waals surface area contributed by atoms with E-state index in [-0.39, 0.29) is 0 Å². The Hall–Kier alpha value is -0.890. The minimum absolute atomic E-state index is 0.702. The summed E-state index contributed by atoms with van der Waals surface area (Å²) in [5.74, 6) is 0. The van der Waals surface area contributed by atoms with Gasteiger partial charge in [-0.2, -0.15) is 0 Å². The summed E-state index contributed by atoms with van der Waals surface area (Å²) in [6.45, 7) is 3.32. The number of rotatable bonds is 5. The minimum atomic E-state index is 0.702. The molecule has 1 aromatic rings. The van der Waals surface area contributed by atoms with E-state index < -0.39 is 0 Å². The van der Waals surface area contributed by atoms with Crippen molar-refractivity contribution in [1.82, 2.24) is 0 Å². The van der Waals surface area contributed by atoms with E-state index >= 15 is 0 Å². The summed E-state index contributed by atoms with van der Waals surface area (Å²) in [4.78, 5) is 2.44. The van der Waals surface area contributed by atoms with Crippen molar-refractivity contribution in [2.45, 2.75) is 38.6 Å². The van der Waals surface area contributed by atoms with Crippen molar-refractivity contribution >= 4 is 23.0 Å². The Morgan fingerprint density at radius 2 is 2.19 bits per heavy atom. The maximum atomic E-state index is 6.25. The van der Waals surface area contributed by atoms with Crippen LogP contribution < -0.4 is 10.6 Å². The third kappa shape index (κ3) is 2.62. The van der Waals surface area contributed by atoms with E-state index in [1.54, 1.807) is 0 Å². The summed E-state index contributed by atoms with van der Waals surface area (Å²) in [5, 5.41) is 0.781. The van der Waals surface area contributed by atoms with Gasteiger partial charge in [0.1, 0.15) is 0 Å². The quantitative estimate of drug-likeness (QED) is 0.793. The molecule has 0 aliphatic heterocycles. The smallest absolute Gasteiger partial charge is 0.0660 e. The Balaban J connectivity index is 2.17. The van der Waals surface area contributed by atoms with Crippen molar-refractivity contribution in [3.8, 4) is 0 Å². The van der Waals surface area contributed by atoms with Crippen LogP contribution in [0.15, 0.2) is 18.2 Å². The van der Waals surface area contributed by atoms with E-state index in [9.17, 15) is 0 Å². The van der Waals surface area contributed by atoms with Crippen molar-refractivity contribution in [2.75, 3.05) is 17.2 Å². The Morgan fingerprint density at radius 3 is 2.75 bits per heavy atom. The second kappa shape index (κ2) is 4.96. The highest BCUT2D eigenvalue weighted by molar-refractivity contribution is 6.33. The third-order valence-electron chi connectivity index (χ3n) is 3.02. The van der Waals surface area contributed by atoms with Gasteiger partial charge in [0.15, 0.2) is 0 Å². The molecule has 1 saturated carbocycles. The Morgan fingerprint density at radius 1 is 1.44 bits per heavy atom. The summed E-state index contributed by atoms with van der Waals surface area (Å²) in [6, 6.07) is 6.53. The molecular weight excluding hydrogens is 220 g/mol. The molecular formula is C13H19ClN2. The highest BCUT2D eigenvalue weighted by Gasteiger charge is 2.29. The molecule has 1 aromatic carbocycles. The average Bonchev–Trinajstić information content (AvgIpc) is 3.05. The van der Waals surface area contributed by atoms with Gasteiger partial charge in [-0.25, -0.2) is 0 Å². The van der Waals surface area contributed by atoms with Gasteiger partial charge in [0.05, 0.1) is 10.7 Å². The van der Waals surface area contributed by atoms with E-state index in [1.165, 1.54) is 25.7 Å². The number of hydrogen-bond donors (Lipinski definition) is 1. The molecule has 1 aliphatic carbocycles. The summed E-state index contributed by atoms with van der Waals surface area (Å²) >= 11 is 6.25. The molecule has 0 saturated heterocycles. The Labute approximate surface area is 102 Å². The average molecular weight is 239 g/mol. The summed E-state index contributed by atoms with van der Waals surface area (Å²) in [7, 11) is 0. The van der Waals surface area contributed by atoms with Crippen LogP contribution in [0.5, 0.6) is 0 Å². The van der Waals surface area contributed by atoms with Crippen molar-refractivity contribution < 1.29 is 0 Å². The van der Waals surface area contributed by atoms with E-state index in [0.717, 1.165) is 22.9 Å². The largest absolute Gasteiger partial charge is 0.399 e. The topological polar surface area (TPSA) is 29.3 Å². The van der Waals surface area contributed by atoms with Gasteiger partial charge in [-0.15, -0.1) is 0 Å². The molecule has 0 unspecified atom stereocenters. The number of nitrogen functional groups attached to an aromatic ring is 1. The predicted molar refractivity (Wildman–Crippen MR) is 71.1 cm³/mol. The first-order valence-corrected chi connectivity index (χ1v) is 6.42. The first-order valence-electron chi connectivity index (χ1n) is 6.04. The van der Waals surface area contributed by atoms with Gasteiger partial charge in [-0.05, 0) is 37.5 Å². The molecule has 0 spiro atoms.